The average Bonchev–Trinajstić information content (AvgIpc) is 3.17. The molecule has 1 aliphatic carbocycles. The van der Waals surface area contributed by atoms with E-state index in [1.165, 1.54) is 0 Å². The van der Waals surface area contributed by atoms with Gasteiger partial charge in [-0.05, 0) is 40.5 Å². The van der Waals surface area contributed by atoms with Crippen LogP contribution in [0.25, 0.3) is 11.1 Å². The number of allylic oxidation sites excluding steroid dienone is 2. The molecule has 2 nitrogen and oxygen atoms in total. The summed E-state index contributed by atoms with van der Waals surface area (Å²) in [5, 5.41) is 8.72. The van der Waals surface area contributed by atoms with Crippen molar-refractivity contribution in [2.45, 2.75) is 32.9 Å². The van der Waals surface area contributed by atoms with E-state index in [0.29, 0.717) is 5.56 Å². The summed E-state index contributed by atoms with van der Waals surface area (Å²) >= 11 is 5.46. The Kier molecular flexibility index (Phi) is 5.60. The molecule has 155 valence electrons. The van der Waals surface area contributed by atoms with Crippen molar-refractivity contribution in [3.63, 3.8) is 0 Å². The Labute approximate surface area is 179 Å². The Morgan fingerprint density at radius 2 is 1.80 bits per heavy atom. The predicted octanol–water partition coefficient (Wildman–Crippen LogP) is 6.71. The highest BCUT2D eigenvalue weighted by molar-refractivity contribution is 6.30. The lowest BCUT2D eigenvalue weighted by atomic mass is 9.77. The van der Waals surface area contributed by atoms with Gasteiger partial charge in [0.25, 0.3) is 0 Å². The molecular formula is C24H20ClF3NO. The first-order chi connectivity index (χ1) is 14.0. The van der Waals surface area contributed by atoms with E-state index in [9.17, 15) is 23.2 Å². The molecule has 2 aromatic carbocycles. The molecule has 1 saturated carbocycles. The molecule has 0 heterocycles. The topological polar surface area (TPSA) is 40.9 Å². The van der Waals surface area contributed by atoms with Crippen molar-refractivity contribution < 1.29 is 18.0 Å². The number of carbonyl (C=O) groups excluding carboxylic acids is 1. The van der Waals surface area contributed by atoms with Crippen molar-refractivity contribution in [3.8, 4) is 17.2 Å². The molecule has 0 bridgehead atoms. The minimum atomic E-state index is -4.71. The van der Waals surface area contributed by atoms with Gasteiger partial charge < -0.3 is 0 Å². The molecule has 1 aliphatic rings. The lowest BCUT2D eigenvalue weighted by Gasteiger charge is -2.22. The van der Waals surface area contributed by atoms with Crippen LogP contribution >= 0.6 is 11.6 Å². The van der Waals surface area contributed by atoms with Crippen LogP contribution in [0.4, 0.5) is 13.2 Å². The van der Waals surface area contributed by atoms with Gasteiger partial charge in [0.05, 0.1) is 17.4 Å². The monoisotopic (exact) mass is 430 g/mol. The molecule has 0 amide bonds. The molecule has 0 spiro atoms. The predicted molar refractivity (Wildman–Crippen MR) is 110 cm³/mol. The van der Waals surface area contributed by atoms with Gasteiger partial charge in [-0.1, -0.05) is 80.1 Å². The molecule has 3 unspecified atom stereocenters. The zero-order valence-electron chi connectivity index (χ0n) is 16.7. The Balaban J connectivity index is 2.12. The number of alkyl halides is 3. The summed E-state index contributed by atoms with van der Waals surface area (Å²) in [7, 11) is 0. The molecule has 0 aromatic heterocycles. The largest absolute Gasteiger partial charge is 0.426 e. The molecule has 6 heteroatoms. The number of hydrogen-bond donors (Lipinski definition) is 0. The van der Waals surface area contributed by atoms with Crippen LogP contribution in [0.15, 0.2) is 59.6 Å². The summed E-state index contributed by atoms with van der Waals surface area (Å²) in [5.41, 5.74) is 0.923. The van der Waals surface area contributed by atoms with E-state index in [1.54, 1.807) is 26.0 Å². The Morgan fingerprint density at radius 3 is 2.33 bits per heavy atom. The van der Waals surface area contributed by atoms with E-state index < -0.39 is 33.9 Å². The zero-order chi connectivity index (χ0) is 22.3. The quantitative estimate of drug-likeness (QED) is 0.529. The lowest BCUT2D eigenvalue weighted by Crippen LogP contribution is -2.22. The number of hydrogen-bond acceptors (Lipinski definition) is 2. The van der Waals surface area contributed by atoms with E-state index in [2.05, 4.69) is 6.07 Å². The zero-order valence-corrected chi connectivity index (χ0v) is 17.5. The minimum Gasteiger partial charge on any atom is -0.290 e. The standard InChI is InChI=1S/C24H20ClF3NO/c1-15-17(16-8-5-4-6-9-16)10-7-11-18(15)19(13-29)23(14-30)20(22(23,2)3)12-21(25)24(26,27)28/h4-12,19-20H,1-3H3. The van der Waals surface area contributed by atoms with Gasteiger partial charge in [-0.15, -0.1) is 0 Å². The van der Waals surface area contributed by atoms with Gasteiger partial charge in [-0.3, -0.25) is 4.79 Å². The fourth-order valence-corrected chi connectivity index (χ4v) is 4.66. The van der Waals surface area contributed by atoms with Crippen molar-refractivity contribution in [2.24, 2.45) is 16.7 Å². The van der Waals surface area contributed by atoms with Crippen molar-refractivity contribution >= 4 is 17.9 Å². The third kappa shape index (κ3) is 3.33. The van der Waals surface area contributed by atoms with E-state index in [1.807, 2.05) is 49.6 Å². The van der Waals surface area contributed by atoms with Crippen molar-refractivity contribution in [1.82, 2.24) is 0 Å². The highest BCUT2D eigenvalue weighted by Crippen LogP contribution is 2.74. The molecular weight excluding hydrogens is 411 g/mol. The van der Waals surface area contributed by atoms with Gasteiger partial charge in [0, 0.05) is 0 Å². The highest BCUT2D eigenvalue weighted by Gasteiger charge is 2.75. The normalized spacial score (nSPS) is 24.1. The molecule has 30 heavy (non-hydrogen) atoms. The minimum absolute atomic E-state index is 0.606. The van der Waals surface area contributed by atoms with E-state index in [4.69, 9.17) is 11.6 Å². The number of rotatable bonds is 5. The molecule has 1 fully saturated rings. The van der Waals surface area contributed by atoms with Crippen LogP contribution in [0.5, 0.6) is 0 Å². The second-order valence-electron chi connectivity index (χ2n) is 8.13. The Hall–Kier alpha value is -2.58. The number of nitriles is 1. The first-order valence-electron chi connectivity index (χ1n) is 9.40. The first-order valence-corrected chi connectivity index (χ1v) is 9.78. The summed E-state index contributed by atoms with van der Waals surface area (Å²) in [6, 6.07) is 17.2. The van der Waals surface area contributed by atoms with Gasteiger partial charge in [0.2, 0.25) is 6.29 Å². The maximum Gasteiger partial charge on any atom is 0.426 e. The van der Waals surface area contributed by atoms with Crippen LogP contribution in [-0.4, -0.2) is 12.5 Å². The van der Waals surface area contributed by atoms with Gasteiger partial charge in [-0.25, -0.2) is 0 Å². The van der Waals surface area contributed by atoms with Crippen molar-refractivity contribution in [1.29, 1.82) is 5.26 Å². The van der Waals surface area contributed by atoms with Gasteiger partial charge >= 0.3 is 6.18 Å². The first kappa shape index (κ1) is 22.1. The Bertz CT molecular complexity index is 1040. The second kappa shape index (κ2) is 7.59. The summed E-state index contributed by atoms with van der Waals surface area (Å²) in [4.78, 5) is 12.2. The smallest absolute Gasteiger partial charge is 0.290 e. The van der Waals surface area contributed by atoms with E-state index >= 15 is 0 Å². The maximum absolute atomic E-state index is 13.0. The fourth-order valence-electron chi connectivity index (χ4n) is 4.54. The van der Waals surface area contributed by atoms with Crippen LogP contribution in [0.3, 0.4) is 0 Å². The number of halogens is 4. The Morgan fingerprint density at radius 1 is 1.17 bits per heavy atom. The molecule has 2 aromatic rings. The molecule has 3 rings (SSSR count). The summed E-state index contributed by atoms with van der Waals surface area (Å²) in [6.07, 6.45) is -1.91. The van der Waals surface area contributed by atoms with Gasteiger partial charge in [0.1, 0.15) is 5.03 Å². The average molecular weight is 431 g/mol. The fraction of sp³-hybridized carbons (Fsp3) is 0.333. The number of nitrogens with zero attached hydrogens (tertiary/aromatic N) is 1. The van der Waals surface area contributed by atoms with Crippen LogP contribution in [0, 0.1) is 35.0 Å². The third-order valence-corrected chi connectivity index (χ3v) is 6.70. The van der Waals surface area contributed by atoms with Crippen molar-refractivity contribution in [3.05, 3.63) is 70.8 Å². The lowest BCUT2D eigenvalue weighted by molar-refractivity contribution is -0.0848. The van der Waals surface area contributed by atoms with E-state index in [-0.39, 0.29) is 0 Å². The maximum atomic E-state index is 13.0. The number of benzene rings is 2. The van der Waals surface area contributed by atoms with Crippen LogP contribution < -0.4 is 0 Å². The van der Waals surface area contributed by atoms with Crippen LogP contribution in [0.1, 0.15) is 30.9 Å². The second-order valence-corrected chi connectivity index (χ2v) is 8.54. The molecule has 0 saturated heterocycles. The highest BCUT2D eigenvalue weighted by atomic mass is 35.5. The third-order valence-electron chi connectivity index (χ3n) is 6.36. The summed E-state index contributed by atoms with van der Waals surface area (Å²) < 4.78 is 39.0. The van der Waals surface area contributed by atoms with Gasteiger partial charge in [0.15, 0.2) is 0 Å². The molecule has 3 atom stereocenters. The summed E-state index contributed by atoms with van der Waals surface area (Å²) in [5.74, 6) is -1.83. The van der Waals surface area contributed by atoms with Crippen LogP contribution in [0.2, 0.25) is 0 Å². The summed E-state index contributed by atoms with van der Waals surface area (Å²) in [6.45, 7) is 5.18. The van der Waals surface area contributed by atoms with Crippen molar-refractivity contribution in [2.75, 3.05) is 0 Å². The SMILES string of the molecule is Cc1c(-c2ccccc2)cccc1C(C#N)C1([C]=O)C(C=C(Cl)C(F)(F)F)C1(C)C. The van der Waals surface area contributed by atoms with Gasteiger partial charge in [-0.2, -0.15) is 18.4 Å². The molecule has 0 N–H and O–H groups in total. The van der Waals surface area contributed by atoms with E-state index in [0.717, 1.165) is 22.8 Å². The molecule has 0 aliphatic heterocycles. The molecule has 1 radical (unpaired) electrons. The van der Waals surface area contributed by atoms with Crippen LogP contribution in [-0.2, 0) is 4.79 Å².